The lowest BCUT2D eigenvalue weighted by atomic mass is 9.68. The van der Waals surface area contributed by atoms with Gasteiger partial charge in [-0.25, -0.2) is 4.79 Å². The second-order valence-electron chi connectivity index (χ2n) is 7.94. The monoisotopic (exact) mass is 387 g/mol. The van der Waals surface area contributed by atoms with E-state index in [1.807, 2.05) is 0 Å². The van der Waals surface area contributed by atoms with Crippen LogP contribution in [0.4, 0.5) is 4.79 Å². The molecule has 0 aromatic heterocycles. The van der Waals surface area contributed by atoms with Crippen LogP contribution in [0, 0.1) is 5.92 Å². The van der Waals surface area contributed by atoms with Gasteiger partial charge >= 0.3 is 6.09 Å². The molecule has 3 rings (SSSR count). The molecule has 1 saturated carbocycles. The Kier molecular flexibility index (Phi) is 5.87. The third kappa shape index (κ3) is 3.88. The highest BCUT2D eigenvalue weighted by molar-refractivity contribution is 6.18. The first kappa shape index (κ1) is 19.9. The van der Waals surface area contributed by atoms with E-state index in [1.54, 1.807) is 7.11 Å². The van der Waals surface area contributed by atoms with E-state index in [0.29, 0.717) is 12.4 Å². The van der Waals surface area contributed by atoms with Crippen LogP contribution in [0.3, 0.4) is 0 Å². The van der Waals surface area contributed by atoms with Gasteiger partial charge in [0.1, 0.15) is 23.4 Å². The molecule has 6 atom stereocenters. The summed E-state index contributed by atoms with van der Waals surface area (Å²) in [5.41, 5.74) is 0.753. The zero-order chi connectivity index (χ0) is 18.9. The molecule has 2 saturated heterocycles. The smallest absolute Gasteiger partial charge is 0.407 e. The molecule has 0 aromatic rings. The van der Waals surface area contributed by atoms with E-state index in [2.05, 4.69) is 32.2 Å². The molecular weight excluding hydrogens is 358 g/mol. The van der Waals surface area contributed by atoms with Crippen LogP contribution in [0.1, 0.15) is 40.0 Å². The van der Waals surface area contributed by atoms with Crippen LogP contribution in [-0.4, -0.2) is 61.7 Å². The number of rotatable bonds is 7. The van der Waals surface area contributed by atoms with Crippen molar-refractivity contribution in [3.8, 4) is 0 Å². The first-order valence-electron chi connectivity index (χ1n) is 9.34. The fraction of sp³-hybridized carbons (Fsp3) is 0.842. The van der Waals surface area contributed by atoms with Gasteiger partial charge in [-0.3, -0.25) is 0 Å². The Balaban J connectivity index is 1.72. The van der Waals surface area contributed by atoms with E-state index in [-0.39, 0.29) is 35.4 Å². The number of epoxide rings is 2. The van der Waals surface area contributed by atoms with Crippen LogP contribution >= 0.6 is 11.6 Å². The number of methoxy groups -OCH3 is 1. The van der Waals surface area contributed by atoms with Crippen molar-refractivity contribution in [2.75, 3.05) is 26.1 Å². The van der Waals surface area contributed by atoms with Crippen molar-refractivity contribution in [2.24, 2.45) is 5.92 Å². The van der Waals surface area contributed by atoms with Crippen molar-refractivity contribution in [1.82, 2.24) is 5.32 Å². The molecule has 1 amide bonds. The van der Waals surface area contributed by atoms with Crippen LogP contribution in [0.15, 0.2) is 11.6 Å². The van der Waals surface area contributed by atoms with Crippen LogP contribution in [0.2, 0.25) is 0 Å². The van der Waals surface area contributed by atoms with Crippen LogP contribution in [0.25, 0.3) is 0 Å². The molecule has 3 fully saturated rings. The normalized spacial score (nSPS) is 40.8. The number of alkyl halides is 1. The predicted octanol–water partition coefficient (Wildman–Crippen LogP) is 3.03. The molecule has 0 unspecified atom stereocenters. The van der Waals surface area contributed by atoms with E-state index in [4.69, 9.17) is 30.5 Å². The summed E-state index contributed by atoms with van der Waals surface area (Å²) in [5, 5.41) is 2.65. The number of carbonyl (C=O) groups is 1. The highest BCUT2D eigenvalue weighted by atomic mass is 35.5. The Hall–Kier alpha value is -0.820. The molecule has 6 nitrogen and oxygen atoms in total. The van der Waals surface area contributed by atoms with Crippen LogP contribution in [-0.2, 0) is 18.9 Å². The number of carbonyl (C=O) groups excluding carboxylic acids is 1. The molecule has 1 aliphatic carbocycles. The maximum atomic E-state index is 12.0. The molecule has 26 heavy (non-hydrogen) atoms. The van der Waals surface area contributed by atoms with E-state index < -0.39 is 6.09 Å². The first-order chi connectivity index (χ1) is 12.4. The number of hydrogen-bond acceptors (Lipinski definition) is 5. The van der Waals surface area contributed by atoms with Gasteiger partial charge in [0.25, 0.3) is 0 Å². The predicted molar refractivity (Wildman–Crippen MR) is 98.5 cm³/mol. The lowest BCUT2D eigenvalue weighted by Gasteiger charge is -2.42. The molecule has 0 aromatic carbocycles. The number of allylic oxidation sites excluding steroid dienone is 1. The molecule has 2 aliphatic heterocycles. The van der Waals surface area contributed by atoms with Crippen molar-refractivity contribution in [1.29, 1.82) is 0 Å². The molecule has 1 N–H and O–H groups in total. The Morgan fingerprint density at radius 3 is 2.73 bits per heavy atom. The molecule has 2 heterocycles. The minimum Gasteiger partial charge on any atom is -0.443 e. The molecule has 0 bridgehead atoms. The van der Waals surface area contributed by atoms with Crippen molar-refractivity contribution >= 4 is 17.7 Å². The van der Waals surface area contributed by atoms with Crippen molar-refractivity contribution < 1.29 is 23.7 Å². The lowest BCUT2D eigenvalue weighted by molar-refractivity contribution is -0.118. The Morgan fingerprint density at radius 2 is 2.15 bits per heavy atom. The van der Waals surface area contributed by atoms with Crippen molar-refractivity contribution in [3.05, 3.63) is 11.6 Å². The minimum absolute atomic E-state index is 0.0372. The number of nitrogens with one attached hydrogen (secondary N) is 1. The highest BCUT2D eigenvalue weighted by Crippen LogP contribution is 2.59. The Labute approximate surface area is 160 Å². The average Bonchev–Trinajstić information content (AvgIpc) is 3.50. The van der Waals surface area contributed by atoms with Gasteiger partial charge in [-0.1, -0.05) is 11.6 Å². The van der Waals surface area contributed by atoms with Crippen LogP contribution in [0.5, 0.6) is 0 Å². The van der Waals surface area contributed by atoms with E-state index >= 15 is 0 Å². The summed E-state index contributed by atoms with van der Waals surface area (Å²) in [6, 6.07) is 0. The van der Waals surface area contributed by atoms with Gasteiger partial charge in [0.05, 0.1) is 18.6 Å². The summed E-state index contributed by atoms with van der Waals surface area (Å²) in [5.74, 6) is 0.389. The molecule has 148 valence electrons. The summed E-state index contributed by atoms with van der Waals surface area (Å²) in [6.45, 7) is 7.41. The summed E-state index contributed by atoms with van der Waals surface area (Å²) < 4.78 is 23.5. The molecule has 0 radical (unpaired) electrons. The maximum Gasteiger partial charge on any atom is 0.407 e. The largest absolute Gasteiger partial charge is 0.443 e. The SMILES string of the molecule is CO[C@@H]1[C@H](OC(=O)NCCCl)CC[C@]2(CO2)[C@H]1[C@@]1(C)O[C@@H]1CC=C(C)C. The topological polar surface area (TPSA) is 72.6 Å². The van der Waals surface area contributed by atoms with E-state index in [1.165, 1.54) is 5.57 Å². The van der Waals surface area contributed by atoms with Crippen LogP contribution < -0.4 is 5.32 Å². The van der Waals surface area contributed by atoms with Gasteiger partial charge in [0.15, 0.2) is 0 Å². The van der Waals surface area contributed by atoms with Gasteiger partial charge < -0.3 is 24.3 Å². The standard InChI is InChI=1S/C19H30ClNO5/c1-12(2)5-6-14-18(3,26-14)16-15(23-4)13(7-8-19(16)11-24-19)25-17(22)21-10-9-20/h5,13-16H,6-11H2,1-4H3,(H,21,22)/t13-,14-,15-,16-,18+,19+/m1/s1. The summed E-state index contributed by atoms with van der Waals surface area (Å²) in [4.78, 5) is 12.0. The number of halogens is 1. The molecule has 7 heteroatoms. The first-order valence-corrected chi connectivity index (χ1v) is 9.88. The van der Waals surface area contributed by atoms with E-state index in [9.17, 15) is 4.79 Å². The highest BCUT2D eigenvalue weighted by Gasteiger charge is 2.72. The fourth-order valence-electron chi connectivity index (χ4n) is 4.40. The minimum atomic E-state index is -0.452. The number of alkyl carbamates (subject to hydrolysis) is 1. The van der Waals surface area contributed by atoms with Crippen molar-refractivity contribution in [2.45, 2.75) is 69.5 Å². The number of hydrogen-bond donors (Lipinski definition) is 1. The lowest BCUT2D eigenvalue weighted by Crippen LogP contribution is -2.56. The number of amides is 1. The molecular formula is C19H30ClNO5. The zero-order valence-corrected chi connectivity index (χ0v) is 16.8. The third-order valence-electron chi connectivity index (χ3n) is 5.86. The second kappa shape index (κ2) is 7.66. The Morgan fingerprint density at radius 1 is 1.42 bits per heavy atom. The molecule has 3 aliphatic rings. The summed E-state index contributed by atoms with van der Waals surface area (Å²) >= 11 is 5.62. The maximum absolute atomic E-state index is 12.0. The van der Waals surface area contributed by atoms with Gasteiger partial charge in [-0.2, -0.15) is 0 Å². The van der Waals surface area contributed by atoms with Crippen molar-refractivity contribution in [3.63, 3.8) is 0 Å². The van der Waals surface area contributed by atoms with Gasteiger partial charge in [-0.05, 0) is 40.0 Å². The third-order valence-corrected chi connectivity index (χ3v) is 6.05. The summed E-state index contributed by atoms with van der Waals surface area (Å²) in [6.07, 6.45) is 3.77. The average molecular weight is 388 g/mol. The molecule has 1 spiro atoms. The number of ether oxygens (including phenoxy) is 4. The van der Waals surface area contributed by atoms with Gasteiger partial charge in [0, 0.05) is 19.5 Å². The van der Waals surface area contributed by atoms with E-state index in [0.717, 1.165) is 25.9 Å². The second-order valence-corrected chi connectivity index (χ2v) is 8.32. The van der Waals surface area contributed by atoms with Gasteiger partial charge in [0.2, 0.25) is 0 Å². The summed E-state index contributed by atoms with van der Waals surface area (Å²) in [7, 11) is 1.67. The zero-order valence-electron chi connectivity index (χ0n) is 16.0. The Bertz CT molecular complexity index is 560. The van der Waals surface area contributed by atoms with Gasteiger partial charge in [-0.15, -0.1) is 11.6 Å². The quantitative estimate of drug-likeness (QED) is 0.413. The fourth-order valence-corrected chi connectivity index (χ4v) is 4.49.